The molecule has 0 saturated carbocycles. The Morgan fingerprint density at radius 3 is 2.04 bits per heavy atom. The maximum absolute atomic E-state index is 12.3. The third-order valence-corrected chi connectivity index (χ3v) is 4.47. The number of benzene rings is 2. The van der Waals surface area contributed by atoms with Gasteiger partial charge in [-0.05, 0) is 30.7 Å². The van der Waals surface area contributed by atoms with E-state index in [1.165, 1.54) is 14.2 Å². The number of esters is 2. The molecule has 138 valence electrons. The van der Waals surface area contributed by atoms with Crippen molar-refractivity contribution < 1.29 is 19.1 Å². The van der Waals surface area contributed by atoms with Gasteiger partial charge in [0.05, 0.1) is 31.4 Å². The Kier molecular flexibility index (Phi) is 5.41. The molecule has 0 spiro atoms. The van der Waals surface area contributed by atoms with Gasteiger partial charge in [0.2, 0.25) is 0 Å². The van der Waals surface area contributed by atoms with Gasteiger partial charge in [0.15, 0.2) is 0 Å². The van der Waals surface area contributed by atoms with E-state index in [-0.39, 0.29) is 17.2 Å². The molecule has 2 aromatic rings. The number of carbonyl (C=O) groups excluding carboxylic acids is 2. The fraction of sp³-hybridized carbons (Fsp3) is 0.182. The summed E-state index contributed by atoms with van der Waals surface area (Å²) in [6.07, 6.45) is 3.40. The summed E-state index contributed by atoms with van der Waals surface area (Å²) in [6, 6.07) is 17.5. The van der Waals surface area contributed by atoms with Crippen LogP contribution in [0.15, 0.2) is 78.0 Å². The first-order valence-corrected chi connectivity index (χ1v) is 8.55. The molecule has 5 nitrogen and oxygen atoms in total. The highest BCUT2D eigenvalue weighted by Crippen LogP contribution is 2.36. The number of anilines is 1. The second kappa shape index (κ2) is 7.91. The molecule has 0 saturated heterocycles. The van der Waals surface area contributed by atoms with Crippen molar-refractivity contribution in [2.45, 2.75) is 13.0 Å². The van der Waals surface area contributed by atoms with Crippen LogP contribution < -0.4 is 4.90 Å². The lowest BCUT2D eigenvalue weighted by Gasteiger charge is -2.33. The Morgan fingerprint density at radius 1 is 0.852 bits per heavy atom. The molecule has 1 heterocycles. The van der Waals surface area contributed by atoms with Gasteiger partial charge in [-0.1, -0.05) is 48.0 Å². The number of hydrogen-bond acceptors (Lipinski definition) is 5. The average Bonchev–Trinajstić information content (AvgIpc) is 2.73. The number of nitrogens with zero attached hydrogens (tertiary/aromatic N) is 1. The number of methoxy groups -OCH3 is 2. The van der Waals surface area contributed by atoms with Crippen molar-refractivity contribution in [1.29, 1.82) is 0 Å². The van der Waals surface area contributed by atoms with E-state index in [1.54, 1.807) is 12.3 Å². The zero-order valence-electron chi connectivity index (χ0n) is 15.5. The van der Waals surface area contributed by atoms with E-state index in [9.17, 15) is 9.59 Å². The molecular formula is C22H21NO4. The van der Waals surface area contributed by atoms with Crippen LogP contribution in [0.5, 0.6) is 0 Å². The van der Waals surface area contributed by atoms with E-state index < -0.39 is 11.9 Å². The van der Waals surface area contributed by atoms with Crippen molar-refractivity contribution in [1.82, 2.24) is 0 Å². The molecule has 0 bridgehead atoms. The first kappa shape index (κ1) is 18.5. The summed E-state index contributed by atoms with van der Waals surface area (Å²) in [7, 11) is 2.58. The normalized spacial score (nSPS) is 16.3. The van der Waals surface area contributed by atoms with E-state index in [0.29, 0.717) is 0 Å². The topological polar surface area (TPSA) is 55.8 Å². The average molecular weight is 363 g/mol. The van der Waals surface area contributed by atoms with Gasteiger partial charge < -0.3 is 14.4 Å². The SMILES string of the molecule is COC(=O)C1=CC(c2ccc(C)cc2)N(c2ccccc2)C=C1C(=O)OC. The van der Waals surface area contributed by atoms with Gasteiger partial charge >= 0.3 is 11.9 Å². The van der Waals surface area contributed by atoms with Gasteiger partial charge in [0, 0.05) is 11.9 Å². The van der Waals surface area contributed by atoms with Crippen LogP contribution in [-0.4, -0.2) is 26.2 Å². The minimum absolute atomic E-state index is 0.163. The maximum Gasteiger partial charge on any atom is 0.340 e. The standard InChI is InChI=1S/C22H21NO4/c1-15-9-11-16(12-10-15)20-13-18(21(24)26-2)19(22(25)27-3)14-23(20)17-7-5-4-6-8-17/h4-14,20H,1-3H3. The number of hydrogen-bond donors (Lipinski definition) is 0. The van der Waals surface area contributed by atoms with Gasteiger partial charge in [0.25, 0.3) is 0 Å². The Balaban J connectivity index is 2.16. The van der Waals surface area contributed by atoms with Gasteiger partial charge in [-0.15, -0.1) is 0 Å². The Labute approximate surface area is 158 Å². The largest absolute Gasteiger partial charge is 0.465 e. The molecule has 1 unspecified atom stereocenters. The minimum atomic E-state index is -0.588. The highest BCUT2D eigenvalue weighted by molar-refractivity contribution is 6.08. The first-order valence-electron chi connectivity index (χ1n) is 8.55. The van der Waals surface area contributed by atoms with Crippen LogP contribution in [0.25, 0.3) is 0 Å². The van der Waals surface area contributed by atoms with Crippen molar-refractivity contribution in [2.24, 2.45) is 0 Å². The fourth-order valence-corrected chi connectivity index (χ4v) is 3.03. The summed E-state index contributed by atoms with van der Waals surface area (Å²) in [5, 5.41) is 0. The van der Waals surface area contributed by atoms with Crippen molar-refractivity contribution in [3.8, 4) is 0 Å². The van der Waals surface area contributed by atoms with Crippen LogP contribution in [0.4, 0.5) is 5.69 Å². The smallest absolute Gasteiger partial charge is 0.340 e. The monoisotopic (exact) mass is 363 g/mol. The van der Waals surface area contributed by atoms with Crippen molar-refractivity contribution in [3.05, 3.63) is 89.1 Å². The summed E-state index contributed by atoms with van der Waals surface area (Å²) in [6.45, 7) is 2.02. The number of carbonyl (C=O) groups is 2. The first-order chi connectivity index (χ1) is 13.0. The molecule has 27 heavy (non-hydrogen) atoms. The lowest BCUT2D eigenvalue weighted by atomic mass is 9.94. The molecule has 2 aromatic carbocycles. The van der Waals surface area contributed by atoms with E-state index in [2.05, 4.69) is 0 Å². The zero-order valence-corrected chi connectivity index (χ0v) is 15.5. The lowest BCUT2D eigenvalue weighted by molar-refractivity contribution is -0.139. The number of rotatable bonds is 4. The summed E-state index contributed by atoms with van der Waals surface area (Å²) in [5.41, 5.74) is 3.39. The zero-order chi connectivity index (χ0) is 19.4. The summed E-state index contributed by atoms with van der Waals surface area (Å²) < 4.78 is 9.76. The number of para-hydroxylation sites is 1. The number of aryl methyl sites for hydroxylation is 1. The Bertz CT molecular complexity index is 898. The number of ether oxygens (including phenoxy) is 2. The van der Waals surface area contributed by atoms with Gasteiger partial charge in [-0.3, -0.25) is 0 Å². The van der Waals surface area contributed by atoms with Crippen molar-refractivity contribution in [3.63, 3.8) is 0 Å². The van der Waals surface area contributed by atoms with Gasteiger partial charge in [0.1, 0.15) is 0 Å². The van der Waals surface area contributed by atoms with Crippen LogP contribution in [0, 0.1) is 6.92 Å². The predicted molar refractivity (Wildman–Crippen MR) is 103 cm³/mol. The van der Waals surface area contributed by atoms with E-state index in [4.69, 9.17) is 9.47 Å². The third-order valence-electron chi connectivity index (χ3n) is 4.47. The second-order valence-electron chi connectivity index (χ2n) is 6.20. The Hall–Kier alpha value is -3.34. The summed E-state index contributed by atoms with van der Waals surface area (Å²) in [5.74, 6) is -1.16. The van der Waals surface area contributed by atoms with Gasteiger partial charge in [-0.2, -0.15) is 0 Å². The molecule has 0 aromatic heterocycles. The summed E-state index contributed by atoms with van der Waals surface area (Å²) >= 11 is 0. The Morgan fingerprint density at radius 2 is 1.44 bits per heavy atom. The molecule has 0 fully saturated rings. The van der Waals surface area contributed by atoms with Crippen LogP contribution in [0.2, 0.25) is 0 Å². The quantitative estimate of drug-likeness (QED) is 0.775. The molecule has 0 aliphatic carbocycles. The van der Waals surface area contributed by atoms with Crippen LogP contribution in [-0.2, 0) is 19.1 Å². The second-order valence-corrected chi connectivity index (χ2v) is 6.20. The fourth-order valence-electron chi connectivity index (χ4n) is 3.03. The summed E-state index contributed by atoms with van der Waals surface area (Å²) in [4.78, 5) is 26.6. The van der Waals surface area contributed by atoms with E-state index >= 15 is 0 Å². The molecular weight excluding hydrogens is 342 g/mol. The molecule has 1 aliphatic heterocycles. The molecule has 0 radical (unpaired) electrons. The van der Waals surface area contributed by atoms with Crippen LogP contribution in [0.1, 0.15) is 17.2 Å². The van der Waals surface area contributed by atoms with Crippen molar-refractivity contribution >= 4 is 17.6 Å². The van der Waals surface area contributed by atoms with Crippen LogP contribution >= 0.6 is 0 Å². The minimum Gasteiger partial charge on any atom is -0.465 e. The molecule has 1 atom stereocenters. The predicted octanol–water partition coefficient (Wildman–Crippen LogP) is 3.71. The molecule has 3 rings (SSSR count). The van der Waals surface area contributed by atoms with Crippen molar-refractivity contribution in [2.75, 3.05) is 19.1 Å². The van der Waals surface area contributed by atoms with Crippen LogP contribution in [0.3, 0.4) is 0 Å². The molecule has 1 aliphatic rings. The lowest BCUT2D eigenvalue weighted by Crippen LogP contribution is -2.30. The molecule has 0 amide bonds. The molecule has 5 heteroatoms. The van der Waals surface area contributed by atoms with E-state index in [1.807, 2.05) is 66.4 Å². The highest BCUT2D eigenvalue weighted by atomic mass is 16.5. The van der Waals surface area contributed by atoms with E-state index in [0.717, 1.165) is 16.8 Å². The molecule has 0 N–H and O–H groups in total. The van der Waals surface area contributed by atoms with Gasteiger partial charge in [-0.25, -0.2) is 9.59 Å². The highest BCUT2D eigenvalue weighted by Gasteiger charge is 2.32. The maximum atomic E-state index is 12.3. The third kappa shape index (κ3) is 3.77.